The van der Waals surface area contributed by atoms with Crippen molar-refractivity contribution in [2.45, 2.75) is 32.4 Å². The van der Waals surface area contributed by atoms with Crippen molar-refractivity contribution in [3.05, 3.63) is 66.0 Å². The molecule has 0 radical (unpaired) electrons. The van der Waals surface area contributed by atoms with Crippen LogP contribution in [0.3, 0.4) is 0 Å². The van der Waals surface area contributed by atoms with Crippen LogP contribution in [0.1, 0.15) is 35.7 Å². The maximum absolute atomic E-state index is 12.8. The minimum absolute atomic E-state index is 0.0287. The van der Waals surface area contributed by atoms with Crippen LogP contribution in [0.15, 0.2) is 54.9 Å². The molecule has 1 aromatic heterocycles. The van der Waals surface area contributed by atoms with E-state index >= 15 is 0 Å². The minimum atomic E-state index is -0.0322. The van der Waals surface area contributed by atoms with E-state index in [0.717, 1.165) is 12.0 Å². The Morgan fingerprint density at radius 2 is 1.88 bits per heavy atom. The van der Waals surface area contributed by atoms with Gasteiger partial charge in [-0.25, -0.2) is 0 Å². The monoisotopic (exact) mass is 337 g/mol. The predicted molar refractivity (Wildman–Crippen MR) is 95.8 cm³/mol. The van der Waals surface area contributed by atoms with Gasteiger partial charge in [-0.15, -0.1) is 0 Å². The van der Waals surface area contributed by atoms with Crippen molar-refractivity contribution in [1.82, 2.24) is 14.8 Å². The maximum atomic E-state index is 12.8. The zero-order valence-corrected chi connectivity index (χ0v) is 14.5. The van der Waals surface area contributed by atoms with Gasteiger partial charge in [-0.2, -0.15) is 0 Å². The predicted octanol–water partition coefficient (Wildman–Crippen LogP) is 2.73. The van der Waals surface area contributed by atoms with Gasteiger partial charge in [0.2, 0.25) is 5.91 Å². The molecule has 1 aliphatic heterocycles. The van der Waals surface area contributed by atoms with Gasteiger partial charge in [0.05, 0.1) is 0 Å². The van der Waals surface area contributed by atoms with E-state index in [-0.39, 0.29) is 17.9 Å². The van der Waals surface area contributed by atoms with Gasteiger partial charge in [0, 0.05) is 50.1 Å². The molecule has 3 rings (SSSR count). The molecule has 0 bridgehead atoms. The molecule has 1 aromatic carbocycles. The quantitative estimate of drug-likeness (QED) is 0.862. The van der Waals surface area contributed by atoms with Gasteiger partial charge in [0.1, 0.15) is 0 Å². The van der Waals surface area contributed by atoms with Crippen molar-refractivity contribution >= 4 is 11.8 Å². The lowest BCUT2D eigenvalue weighted by Crippen LogP contribution is -2.43. The number of carbonyl (C=O) groups excluding carboxylic acids is 2. The van der Waals surface area contributed by atoms with E-state index in [1.807, 2.05) is 35.2 Å². The first kappa shape index (κ1) is 17.1. The number of hydrogen-bond acceptors (Lipinski definition) is 3. The van der Waals surface area contributed by atoms with E-state index in [4.69, 9.17) is 0 Å². The molecular weight excluding hydrogens is 314 g/mol. The molecule has 25 heavy (non-hydrogen) atoms. The van der Waals surface area contributed by atoms with Crippen LogP contribution in [0.4, 0.5) is 0 Å². The van der Waals surface area contributed by atoms with E-state index in [0.29, 0.717) is 31.6 Å². The van der Waals surface area contributed by atoms with Crippen LogP contribution in [-0.2, 0) is 11.3 Å². The lowest BCUT2D eigenvalue weighted by molar-refractivity contribution is -0.133. The first-order chi connectivity index (χ1) is 12.2. The maximum Gasteiger partial charge on any atom is 0.254 e. The third-order valence-corrected chi connectivity index (χ3v) is 4.67. The summed E-state index contributed by atoms with van der Waals surface area (Å²) < 4.78 is 0. The number of carbonyl (C=O) groups is 2. The molecule has 1 fully saturated rings. The van der Waals surface area contributed by atoms with Crippen molar-refractivity contribution in [2.24, 2.45) is 0 Å². The van der Waals surface area contributed by atoms with Crippen LogP contribution in [0.5, 0.6) is 0 Å². The second kappa shape index (κ2) is 7.92. The summed E-state index contributed by atoms with van der Waals surface area (Å²) in [6.07, 6.45) is 4.42. The highest BCUT2D eigenvalue weighted by molar-refractivity contribution is 5.94. The summed E-state index contributed by atoms with van der Waals surface area (Å²) >= 11 is 0. The smallest absolute Gasteiger partial charge is 0.254 e. The lowest BCUT2D eigenvalue weighted by Gasteiger charge is -2.31. The highest BCUT2D eigenvalue weighted by Crippen LogP contribution is 2.19. The Kier molecular flexibility index (Phi) is 5.43. The van der Waals surface area contributed by atoms with Gasteiger partial charge >= 0.3 is 0 Å². The standard InChI is InChI=1S/C20H23N3O2/c1-2-18-15-22(20(25)17-8-11-21-12-9-17)13-10-19(24)23(18)14-16-6-4-3-5-7-16/h3-9,11-12,18H,2,10,13-15H2,1H3. The van der Waals surface area contributed by atoms with Crippen LogP contribution in [0.25, 0.3) is 0 Å². The molecule has 1 atom stereocenters. The topological polar surface area (TPSA) is 53.5 Å². The van der Waals surface area contributed by atoms with Crippen molar-refractivity contribution in [2.75, 3.05) is 13.1 Å². The second-order valence-corrected chi connectivity index (χ2v) is 6.31. The van der Waals surface area contributed by atoms with Gasteiger partial charge in [-0.3, -0.25) is 14.6 Å². The molecule has 1 unspecified atom stereocenters. The highest BCUT2D eigenvalue weighted by Gasteiger charge is 2.30. The van der Waals surface area contributed by atoms with Crippen LogP contribution in [0, 0.1) is 0 Å². The van der Waals surface area contributed by atoms with Crippen molar-refractivity contribution in [3.63, 3.8) is 0 Å². The molecule has 0 spiro atoms. The van der Waals surface area contributed by atoms with E-state index in [2.05, 4.69) is 11.9 Å². The Morgan fingerprint density at radius 1 is 1.16 bits per heavy atom. The summed E-state index contributed by atoms with van der Waals surface area (Å²) in [5.74, 6) is 0.0796. The van der Waals surface area contributed by atoms with Gasteiger partial charge in [0.25, 0.3) is 5.91 Å². The molecule has 0 N–H and O–H groups in total. The number of pyridine rings is 1. The fourth-order valence-corrected chi connectivity index (χ4v) is 3.23. The number of benzene rings is 1. The molecule has 2 heterocycles. The number of amides is 2. The summed E-state index contributed by atoms with van der Waals surface area (Å²) in [4.78, 5) is 33.1. The first-order valence-corrected chi connectivity index (χ1v) is 8.71. The van der Waals surface area contributed by atoms with Crippen LogP contribution in [0.2, 0.25) is 0 Å². The Bertz CT molecular complexity index is 718. The molecule has 5 heteroatoms. The van der Waals surface area contributed by atoms with Crippen molar-refractivity contribution in [3.8, 4) is 0 Å². The molecule has 1 aliphatic rings. The number of rotatable bonds is 4. The van der Waals surface area contributed by atoms with E-state index < -0.39 is 0 Å². The molecule has 0 aliphatic carbocycles. The SMILES string of the molecule is CCC1CN(C(=O)c2ccncc2)CCC(=O)N1Cc1ccccc1. The zero-order chi connectivity index (χ0) is 17.6. The fraction of sp³-hybridized carbons (Fsp3) is 0.350. The fourth-order valence-electron chi connectivity index (χ4n) is 3.23. The Morgan fingerprint density at radius 3 is 2.56 bits per heavy atom. The molecule has 0 saturated carbocycles. The van der Waals surface area contributed by atoms with Gasteiger partial charge in [-0.05, 0) is 24.1 Å². The summed E-state index contributed by atoms with van der Waals surface area (Å²) in [7, 11) is 0. The van der Waals surface area contributed by atoms with Gasteiger partial charge < -0.3 is 9.80 Å². The van der Waals surface area contributed by atoms with Crippen LogP contribution < -0.4 is 0 Å². The Hall–Kier alpha value is -2.69. The second-order valence-electron chi connectivity index (χ2n) is 6.31. The Labute approximate surface area is 148 Å². The number of hydrogen-bond donors (Lipinski definition) is 0. The first-order valence-electron chi connectivity index (χ1n) is 8.71. The number of nitrogens with zero attached hydrogens (tertiary/aromatic N) is 3. The third kappa shape index (κ3) is 4.05. The molecule has 5 nitrogen and oxygen atoms in total. The average Bonchev–Trinajstić information content (AvgIpc) is 2.82. The third-order valence-electron chi connectivity index (χ3n) is 4.67. The molecule has 2 amide bonds. The molecule has 2 aromatic rings. The lowest BCUT2D eigenvalue weighted by atomic mass is 10.1. The summed E-state index contributed by atoms with van der Waals surface area (Å²) in [6, 6.07) is 13.5. The zero-order valence-electron chi connectivity index (χ0n) is 14.5. The largest absolute Gasteiger partial charge is 0.336 e. The highest BCUT2D eigenvalue weighted by atomic mass is 16.2. The minimum Gasteiger partial charge on any atom is -0.336 e. The van der Waals surface area contributed by atoms with Gasteiger partial charge in [-0.1, -0.05) is 37.3 Å². The summed E-state index contributed by atoms with van der Waals surface area (Å²) in [6.45, 7) is 3.68. The van der Waals surface area contributed by atoms with Crippen LogP contribution >= 0.6 is 0 Å². The molecular formula is C20H23N3O2. The average molecular weight is 337 g/mol. The number of aromatic nitrogens is 1. The van der Waals surface area contributed by atoms with Gasteiger partial charge in [0.15, 0.2) is 0 Å². The van der Waals surface area contributed by atoms with E-state index in [1.54, 1.807) is 29.4 Å². The normalized spacial score (nSPS) is 18.1. The van der Waals surface area contributed by atoms with Crippen molar-refractivity contribution in [1.29, 1.82) is 0 Å². The molecule has 1 saturated heterocycles. The van der Waals surface area contributed by atoms with Crippen LogP contribution in [-0.4, -0.2) is 45.7 Å². The molecule has 130 valence electrons. The summed E-state index contributed by atoms with van der Waals surface area (Å²) in [5, 5.41) is 0. The Balaban J connectivity index is 1.77. The van der Waals surface area contributed by atoms with E-state index in [9.17, 15) is 9.59 Å². The van der Waals surface area contributed by atoms with E-state index in [1.165, 1.54) is 0 Å². The van der Waals surface area contributed by atoms with Crippen molar-refractivity contribution < 1.29 is 9.59 Å². The summed E-state index contributed by atoms with van der Waals surface area (Å²) in [5.41, 5.74) is 1.73.